The number of hydrogen-bond acceptors (Lipinski definition) is 4. The number of methoxy groups -OCH3 is 1. The molecule has 102 valence electrons. The van der Waals surface area contributed by atoms with Crippen molar-refractivity contribution in [1.29, 1.82) is 0 Å². The van der Waals surface area contributed by atoms with Gasteiger partial charge in [0, 0.05) is 11.5 Å². The summed E-state index contributed by atoms with van der Waals surface area (Å²) in [6, 6.07) is 5.37. The Morgan fingerprint density at radius 2 is 2.26 bits per heavy atom. The Balaban J connectivity index is 2.56. The lowest BCUT2D eigenvalue weighted by Gasteiger charge is -2.19. The van der Waals surface area contributed by atoms with E-state index in [1.807, 2.05) is 25.2 Å². The van der Waals surface area contributed by atoms with Crippen LogP contribution < -0.4 is 16.0 Å². The second-order valence-electron chi connectivity index (χ2n) is 3.96. The molecule has 0 radical (unpaired) electrons. The molecular weight excluding hydrogens is 332 g/mol. The van der Waals surface area contributed by atoms with E-state index in [-0.39, 0.29) is 6.04 Å². The lowest BCUT2D eigenvalue weighted by Crippen LogP contribution is -2.31. The summed E-state index contributed by atoms with van der Waals surface area (Å²) in [5.74, 6) is 6.34. The Hall–Kier alpha value is -1.08. The maximum absolute atomic E-state index is 6.32. The third-order valence-corrected chi connectivity index (χ3v) is 4.21. The smallest absolute Gasteiger partial charge is 0.161 e. The first-order valence-corrected chi connectivity index (χ1v) is 6.73. The number of halogens is 2. The zero-order valence-corrected chi connectivity index (χ0v) is 12.9. The van der Waals surface area contributed by atoms with Crippen LogP contribution in [0.15, 0.2) is 28.9 Å². The minimum Gasteiger partial charge on any atom is -0.493 e. The molecule has 0 fully saturated rings. The van der Waals surface area contributed by atoms with Crippen LogP contribution in [-0.4, -0.2) is 16.9 Å². The Morgan fingerprint density at radius 3 is 2.89 bits per heavy atom. The molecule has 3 N–H and O–H groups in total. The molecule has 0 spiro atoms. The molecule has 1 heterocycles. The lowest BCUT2D eigenvalue weighted by atomic mass is 10.0. The van der Waals surface area contributed by atoms with E-state index in [1.54, 1.807) is 18.0 Å². The van der Waals surface area contributed by atoms with Gasteiger partial charge < -0.3 is 4.74 Å². The highest BCUT2D eigenvalue weighted by Gasteiger charge is 2.24. The first-order chi connectivity index (χ1) is 9.10. The van der Waals surface area contributed by atoms with Gasteiger partial charge in [0.25, 0.3) is 0 Å². The minimum absolute atomic E-state index is 0.313. The molecule has 0 bridgehead atoms. The van der Waals surface area contributed by atoms with E-state index in [1.165, 1.54) is 0 Å². The maximum atomic E-state index is 6.32. The minimum atomic E-state index is -0.313. The van der Waals surface area contributed by atoms with Crippen LogP contribution in [-0.2, 0) is 7.05 Å². The van der Waals surface area contributed by atoms with E-state index in [0.29, 0.717) is 10.8 Å². The summed E-state index contributed by atoms with van der Waals surface area (Å²) >= 11 is 9.73. The van der Waals surface area contributed by atoms with Crippen molar-refractivity contribution in [2.24, 2.45) is 12.9 Å². The predicted molar refractivity (Wildman–Crippen MR) is 78.1 cm³/mol. The summed E-state index contributed by atoms with van der Waals surface area (Å²) in [6.07, 6.45) is 1.64. The number of aryl methyl sites for hydroxylation is 1. The number of hydrazine groups is 1. The molecule has 2 rings (SSSR count). The number of nitrogens with zero attached hydrogens (tertiary/aromatic N) is 2. The fourth-order valence-electron chi connectivity index (χ4n) is 1.97. The fourth-order valence-corrected chi connectivity index (χ4v) is 2.59. The van der Waals surface area contributed by atoms with E-state index >= 15 is 0 Å². The largest absolute Gasteiger partial charge is 0.493 e. The van der Waals surface area contributed by atoms with E-state index in [2.05, 4.69) is 26.5 Å². The van der Waals surface area contributed by atoms with Crippen molar-refractivity contribution in [2.75, 3.05) is 7.11 Å². The second-order valence-corrected chi connectivity index (χ2v) is 5.20. The third kappa shape index (κ3) is 2.62. The van der Waals surface area contributed by atoms with Crippen LogP contribution in [0.4, 0.5) is 0 Å². The van der Waals surface area contributed by atoms with Gasteiger partial charge in [-0.2, -0.15) is 5.10 Å². The molecule has 0 amide bonds. The van der Waals surface area contributed by atoms with Gasteiger partial charge in [-0.15, -0.1) is 0 Å². The van der Waals surface area contributed by atoms with Gasteiger partial charge in [-0.1, -0.05) is 23.7 Å². The topological polar surface area (TPSA) is 65.1 Å². The van der Waals surface area contributed by atoms with Crippen LogP contribution >= 0.6 is 27.5 Å². The number of hydrogen-bond donors (Lipinski definition) is 2. The van der Waals surface area contributed by atoms with Crippen LogP contribution in [0.3, 0.4) is 0 Å². The van der Waals surface area contributed by atoms with E-state index in [4.69, 9.17) is 22.2 Å². The number of nitrogens with two attached hydrogens (primary N) is 1. The van der Waals surface area contributed by atoms with Crippen molar-refractivity contribution in [3.05, 3.63) is 45.1 Å². The van der Waals surface area contributed by atoms with Crippen molar-refractivity contribution >= 4 is 27.5 Å². The van der Waals surface area contributed by atoms with Gasteiger partial charge >= 0.3 is 0 Å². The van der Waals surface area contributed by atoms with Gasteiger partial charge in [-0.05, 0) is 27.6 Å². The highest BCUT2D eigenvalue weighted by Crippen LogP contribution is 2.35. The monoisotopic (exact) mass is 344 g/mol. The summed E-state index contributed by atoms with van der Waals surface area (Å²) < 4.78 is 7.83. The highest BCUT2D eigenvalue weighted by molar-refractivity contribution is 9.10. The number of nitrogens with one attached hydrogen (secondary N) is 1. The molecule has 0 aliphatic carbocycles. The van der Waals surface area contributed by atoms with Crippen LogP contribution in [0.25, 0.3) is 0 Å². The molecule has 1 aromatic carbocycles. The van der Waals surface area contributed by atoms with Gasteiger partial charge in [0.1, 0.15) is 5.69 Å². The Morgan fingerprint density at radius 1 is 1.53 bits per heavy atom. The first kappa shape index (κ1) is 14.3. The van der Waals surface area contributed by atoms with Crippen LogP contribution in [0.5, 0.6) is 5.75 Å². The van der Waals surface area contributed by atoms with E-state index in [0.717, 1.165) is 15.7 Å². The Bertz CT molecular complexity index is 587. The molecular formula is C12H14BrClN4O. The molecule has 1 atom stereocenters. The van der Waals surface area contributed by atoms with Gasteiger partial charge in [0.2, 0.25) is 0 Å². The number of benzene rings is 1. The van der Waals surface area contributed by atoms with Crippen LogP contribution in [0, 0.1) is 0 Å². The van der Waals surface area contributed by atoms with Crippen molar-refractivity contribution < 1.29 is 4.74 Å². The average molecular weight is 346 g/mol. The second kappa shape index (κ2) is 5.92. The van der Waals surface area contributed by atoms with Crippen molar-refractivity contribution in [2.45, 2.75) is 6.04 Å². The standard InChI is InChI=1S/C12H14BrClN4O/c1-18-12(9(19-2)6-16-18)11(17-15)7-4-3-5-8(13)10(7)14/h3-6,11,17H,15H2,1-2H3. The van der Waals surface area contributed by atoms with Gasteiger partial charge in [-0.25, -0.2) is 5.43 Å². The zero-order valence-electron chi connectivity index (χ0n) is 10.5. The molecule has 0 aliphatic heterocycles. The summed E-state index contributed by atoms with van der Waals surface area (Å²) in [4.78, 5) is 0. The summed E-state index contributed by atoms with van der Waals surface area (Å²) in [5, 5.41) is 4.78. The number of aromatic nitrogens is 2. The van der Waals surface area contributed by atoms with Gasteiger partial charge in [0.05, 0.1) is 24.4 Å². The predicted octanol–water partition coefficient (Wildman–Crippen LogP) is 2.40. The normalized spacial score (nSPS) is 12.5. The molecule has 5 nitrogen and oxygen atoms in total. The number of ether oxygens (including phenoxy) is 1. The van der Waals surface area contributed by atoms with Crippen LogP contribution in [0.1, 0.15) is 17.3 Å². The van der Waals surface area contributed by atoms with Gasteiger partial charge in [-0.3, -0.25) is 10.5 Å². The van der Waals surface area contributed by atoms with Crippen molar-refractivity contribution in [3.8, 4) is 5.75 Å². The van der Waals surface area contributed by atoms with Crippen molar-refractivity contribution in [1.82, 2.24) is 15.2 Å². The van der Waals surface area contributed by atoms with Crippen molar-refractivity contribution in [3.63, 3.8) is 0 Å². The molecule has 7 heteroatoms. The zero-order chi connectivity index (χ0) is 14.0. The number of rotatable bonds is 4. The molecule has 1 aromatic heterocycles. The highest BCUT2D eigenvalue weighted by atomic mass is 79.9. The fraction of sp³-hybridized carbons (Fsp3) is 0.250. The Kier molecular flexibility index (Phi) is 4.46. The SMILES string of the molecule is COc1cnn(C)c1C(NN)c1cccc(Br)c1Cl. The molecule has 1 unspecified atom stereocenters. The molecule has 0 saturated carbocycles. The summed E-state index contributed by atoms with van der Waals surface area (Å²) in [7, 11) is 3.42. The first-order valence-electron chi connectivity index (χ1n) is 5.56. The maximum Gasteiger partial charge on any atom is 0.161 e. The summed E-state index contributed by atoms with van der Waals surface area (Å²) in [5.41, 5.74) is 4.42. The molecule has 19 heavy (non-hydrogen) atoms. The van der Waals surface area contributed by atoms with E-state index in [9.17, 15) is 0 Å². The van der Waals surface area contributed by atoms with Gasteiger partial charge in [0.15, 0.2) is 5.75 Å². The average Bonchev–Trinajstić information content (AvgIpc) is 2.77. The summed E-state index contributed by atoms with van der Waals surface area (Å²) in [6.45, 7) is 0. The lowest BCUT2D eigenvalue weighted by molar-refractivity contribution is 0.401. The molecule has 0 aliphatic rings. The quantitative estimate of drug-likeness (QED) is 0.660. The molecule has 0 saturated heterocycles. The van der Waals surface area contributed by atoms with E-state index < -0.39 is 0 Å². The Labute approximate surface area is 124 Å². The third-order valence-electron chi connectivity index (χ3n) is 2.90. The van der Waals surface area contributed by atoms with Crippen LogP contribution in [0.2, 0.25) is 5.02 Å². The molecule has 2 aromatic rings.